The predicted octanol–water partition coefficient (Wildman–Crippen LogP) is 2.17. The number of carbonyl (C=O) groups is 3. The number of amides is 3. The zero-order chi connectivity index (χ0) is 22.5. The van der Waals surface area contributed by atoms with Gasteiger partial charge in [0.2, 0.25) is 0 Å². The molecule has 166 valence electrons. The number of thiophene rings is 1. The highest BCUT2D eigenvalue weighted by molar-refractivity contribution is 7.20. The molecule has 31 heavy (non-hydrogen) atoms. The summed E-state index contributed by atoms with van der Waals surface area (Å²) in [5.41, 5.74) is 1.63. The zero-order valence-electron chi connectivity index (χ0n) is 18.7. The third-order valence-corrected chi connectivity index (χ3v) is 6.97. The lowest BCUT2D eigenvalue weighted by Gasteiger charge is -2.34. The van der Waals surface area contributed by atoms with Crippen LogP contribution < -0.4 is 5.32 Å². The lowest BCUT2D eigenvalue weighted by atomic mass is 9.95. The molecule has 0 radical (unpaired) electrons. The van der Waals surface area contributed by atoms with Gasteiger partial charge >= 0.3 is 11.8 Å². The van der Waals surface area contributed by atoms with Crippen LogP contribution in [-0.4, -0.2) is 69.7 Å². The number of fused-ring (bicyclic) bond motifs is 1. The van der Waals surface area contributed by atoms with Gasteiger partial charge in [0.15, 0.2) is 0 Å². The summed E-state index contributed by atoms with van der Waals surface area (Å²) in [6, 6.07) is 0.153. The molecule has 0 spiro atoms. The first-order valence-corrected chi connectivity index (χ1v) is 11.5. The quantitative estimate of drug-likeness (QED) is 0.718. The molecule has 9 heteroatoms. The monoisotopic (exact) mass is 443 g/mol. The minimum Gasteiger partial charge on any atom is -0.345 e. The highest BCUT2D eigenvalue weighted by Crippen LogP contribution is 2.34. The Balaban J connectivity index is 1.48. The minimum atomic E-state index is -0.536. The van der Waals surface area contributed by atoms with E-state index in [2.05, 4.69) is 31.1 Å². The lowest BCUT2D eigenvalue weighted by Crippen LogP contribution is -2.54. The molecule has 0 aromatic carbocycles. The Bertz CT molecular complexity index is 1060. The van der Waals surface area contributed by atoms with Crippen LogP contribution in [0.4, 0.5) is 0 Å². The van der Waals surface area contributed by atoms with Crippen LogP contribution in [0.1, 0.15) is 60.4 Å². The van der Waals surface area contributed by atoms with Crippen molar-refractivity contribution in [1.29, 1.82) is 0 Å². The molecule has 3 heterocycles. The number of aryl methyl sites for hydroxylation is 2. The molecule has 0 unspecified atom stereocenters. The Morgan fingerprint density at radius 2 is 1.61 bits per heavy atom. The van der Waals surface area contributed by atoms with Crippen molar-refractivity contribution in [3.05, 3.63) is 22.0 Å². The normalized spacial score (nSPS) is 17.2. The number of hydrogen-bond acceptors (Lipinski definition) is 6. The van der Waals surface area contributed by atoms with Crippen molar-refractivity contribution in [3.8, 4) is 0 Å². The Kier molecular flexibility index (Phi) is 5.49. The van der Waals surface area contributed by atoms with Gasteiger partial charge in [-0.25, -0.2) is 9.97 Å². The number of nitrogens with one attached hydrogen (secondary N) is 1. The van der Waals surface area contributed by atoms with Crippen molar-refractivity contribution in [2.24, 2.45) is 0 Å². The van der Waals surface area contributed by atoms with Gasteiger partial charge in [0.25, 0.3) is 5.91 Å². The molecule has 1 aliphatic heterocycles. The van der Waals surface area contributed by atoms with E-state index in [1.54, 1.807) is 4.90 Å². The molecular weight excluding hydrogens is 414 g/mol. The summed E-state index contributed by atoms with van der Waals surface area (Å²) in [4.78, 5) is 51.8. The first kappa shape index (κ1) is 21.7. The average Bonchev–Trinajstić information content (AvgIpc) is 3.47. The number of aromatic nitrogens is 2. The first-order valence-electron chi connectivity index (χ1n) is 10.7. The number of nitrogens with zero attached hydrogens (tertiary/aromatic N) is 4. The third kappa shape index (κ3) is 4.28. The molecule has 8 nitrogen and oxygen atoms in total. The Morgan fingerprint density at radius 1 is 1.00 bits per heavy atom. The Labute approximate surface area is 186 Å². The minimum absolute atomic E-state index is 0.0493. The van der Waals surface area contributed by atoms with Crippen molar-refractivity contribution >= 4 is 39.3 Å². The molecular formula is C22H29N5O3S. The van der Waals surface area contributed by atoms with Gasteiger partial charge < -0.3 is 15.1 Å². The molecule has 2 fully saturated rings. The maximum atomic E-state index is 13.3. The molecule has 2 aromatic heterocycles. The molecule has 2 aromatic rings. The van der Waals surface area contributed by atoms with E-state index in [0.29, 0.717) is 31.1 Å². The highest BCUT2D eigenvalue weighted by Gasteiger charge is 2.33. The first-order chi connectivity index (χ1) is 14.6. The van der Waals surface area contributed by atoms with E-state index in [4.69, 9.17) is 4.98 Å². The lowest BCUT2D eigenvalue weighted by molar-refractivity contribution is -0.146. The van der Waals surface area contributed by atoms with Crippen LogP contribution in [0.15, 0.2) is 0 Å². The van der Waals surface area contributed by atoms with E-state index in [-0.39, 0.29) is 17.4 Å². The Morgan fingerprint density at radius 3 is 2.19 bits per heavy atom. The van der Waals surface area contributed by atoms with Gasteiger partial charge in [0, 0.05) is 43.0 Å². The van der Waals surface area contributed by atoms with Crippen LogP contribution in [0.5, 0.6) is 0 Å². The molecule has 4 rings (SSSR count). The van der Waals surface area contributed by atoms with Crippen molar-refractivity contribution in [1.82, 2.24) is 25.1 Å². The summed E-state index contributed by atoms with van der Waals surface area (Å²) in [5, 5.41) is 3.68. The van der Waals surface area contributed by atoms with E-state index < -0.39 is 11.8 Å². The van der Waals surface area contributed by atoms with Crippen LogP contribution in [-0.2, 0) is 15.0 Å². The summed E-state index contributed by atoms with van der Waals surface area (Å²) in [6.07, 6.45) is 1.88. The van der Waals surface area contributed by atoms with Gasteiger partial charge in [-0.1, -0.05) is 20.8 Å². The van der Waals surface area contributed by atoms with Crippen LogP contribution in [0.2, 0.25) is 0 Å². The second-order valence-corrected chi connectivity index (χ2v) is 10.5. The Hall–Kier alpha value is -2.55. The number of hydrogen-bond donors (Lipinski definition) is 1. The summed E-state index contributed by atoms with van der Waals surface area (Å²) < 4.78 is 0. The summed E-state index contributed by atoms with van der Waals surface area (Å²) in [7, 11) is 0. The second kappa shape index (κ2) is 7.85. The van der Waals surface area contributed by atoms with Crippen molar-refractivity contribution in [2.45, 2.75) is 58.9 Å². The maximum Gasteiger partial charge on any atom is 0.312 e. The molecule has 1 aliphatic carbocycles. The van der Waals surface area contributed by atoms with Gasteiger partial charge in [0.1, 0.15) is 10.7 Å². The number of rotatable bonds is 2. The van der Waals surface area contributed by atoms with Crippen molar-refractivity contribution in [3.63, 3.8) is 0 Å². The summed E-state index contributed by atoms with van der Waals surface area (Å²) in [6.45, 7) is 11.7. The van der Waals surface area contributed by atoms with Gasteiger partial charge in [-0.3, -0.25) is 14.4 Å². The van der Waals surface area contributed by atoms with Crippen LogP contribution in [0, 0.1) is 13.8 Å². The number of piperazine rings is 1. The maximum absolute atomic E-state index is 13.3. The molecule has 3 amide bonds. The fourth-order valence-electron chi connectivity index (χ4n) is 3.75. The van der Waals surface area contributed by atoms with E-state index in [9.17, 15) is 14.4 Å². The highest BCUT2D eigenvalue weighted by atomic mass is 32.1. The van der Waals surface area contributed by atoms with E-state index in [1.807, 2.05) is 13.8 Å². The molecule has 1 N–H and O–H groups in total. The topological polar surface area (TPSA) is 95.5 Å². The van der Waals surface area contributed by atoms with Gasteiger partial charge in [-0.05, 0) is 32.3 Å². The largest absolute Gasteiger partial charge is 0.345 e. The smallest absolute Gasteiger partial charge is 0.312 e. The predicted molar refractivity (Wildman–Crippen MR) is 119 cm³/mol. The van der Waals surface area contributed by atoms with Gasteiger partial charge in [0.05, 0.1) is 10.6 Å². The SMILES string of the molecule is Cc1nc(C(C)(C)C)nc2sc(C(=O)N3CCN(C(=O)C(=O)NC4CC4)CC3)c(C)c12. The van der Waals surface area contributed by atoms with E-state index >= 15 is 0 Å². The van der Waals surface area contributed by atoms with E-state index in [1.165, 1.54) is 16.2 Å². The standard InChI is InChI=1S/C22H29N5O3S/c1-12-15-13(2)23-21(22(3,4)5)25-18(15)31-16(12)19(29)26-8-10-27(11-9-26)20(30)17(28)24-14-6-7-14/h14H,6-11H2,1-5H3,(H,24,28). The van der Waals surface area contributed by atoms with E-state index in [0.717, 1.165) is 40.1 Å². The fourth-order valence-corrected chi connectivity index (χ4v) is 4.95. The molecule has 0 bridgehead atoms. The van der Waals surface area contributed by atoms with Crippen LogP contribution in [0.25, 0.3) is 10.2 Å². The second-order valence-electron chi connectivity index (χ2n) is 9.45. The van der Waals surface area contributed by atoms with Crippen molar-refractivity contribution < 1.29 is 14.4 Å². The number of carbonyl (C=O) groups excluding carboxylic acids is 3. The van der Waals surface area contributed by atoms with Gasteiger partial charge in [-0.15, -0.1) is 11.3 Å². The average molecular weight is 444 g/mol. The summed E-state index contributed by atoms with van der Waals surface area (Å²) >= 11 is 1.41. The summed E-state index contributed by atoms with van der Waals surface area (Å²) in [5.74, 6) is -0.315. The molecule has 1 saturated heterocycles. The zero-order valence-corrected chi connectivity index (χ0v) is 19.6. The third-order valence-electron chi connectivity index (χ3n) is 5.80. The molecule has 2 aliphatic rings. The van der Waals surface area contributed by atoms with Crippen molar-refractivity contribution in [2.75, 3.05) is 26.2 Å². The molecule has 1 saturated carbocycles. The van der Waals surface area contributed by atoms with Gasteiger partial charge in [-0.2, -0.15) is 0 Å². The van der Waals surface area contributed by atoms with Crippen LogP contribution >= 0.6 is 11.3 Å². The van der Waals surface area contributed by atoms with Crippen LogP contribution in [0.3, 0.4) is 0 Å². The fraction of sp³-hybridized carbons (Fsp3) is 0.591. The molecule has 0 atom stereocenters.